The lowest BCUT2D eigenvalue weighted by Gasteiger charge is -2.32. The number of rotatable bonds is 5. The molecule has 0 spiro atoms. The van der Waals surface area contributed by atoms with Crippen LogP contribution in [0.2, 0.25) is 0 Å². The molecule has 0 saturated carbocycles. The Kier molecular flexibility index (Phi) is 5.11. The predicted octanol–water partition coefficient (Wildman–Crippen LogP) is 2.16. The summed E-state index contributed by atoms with van der Waals surface area (Å²) < 4.78 is 25.9. The smallest absolute Gasteiger partial charge is 0.246 e. The van der Waals surface area contributed by atoms with Crippen molar-refractivity contribution in [3.8, 4) is 0 Å². The average Bonchev–Trinajstić information content (AvgIpc) is 2.98. The molecule has 5 nitrogen and oxygen atoms in total. The number of hydrogen-bond donors (Lipinski definition) is 0. The molecule has 1 saturated heterocycles. The van der Waals surface area contributed by atoms with Gasteiger partial charge in [0.25, 0.3) is 0 Å². The van der Waals surface area contributed by atoms with Gasteiger partial charge in [0.1, 0.15) is 6.04 Å². The topological polar surface area (TPSA) is 57.7 Å². The number of amides is 1. The minimum absolute atomic E-state index is 0.0917. The first-order valence-corrected chi connectivity index (χ1v) is 9.54. The molecular weight excluding hydrogens is 300 g/mol. The number of likely N-dealkylation sites (tertiary alicyclic amines) is 1. The van der Waals surface area contributed by atoms with Gasteiger partial charge < -0.3 is 4.90 Å². The SMILES string of the molecule is CC[C@H](C(=O)N1CCCC1)N(c1ccc(C)cc1)S(C)(=O)=O. The summed E-state index contributed by atoms with van der Waals surface area (Å²) in [7, 11) is -3.53. The van der Waals surface area contributed by atoms with Crippen molar-refractivity contribution in [2.45, 2.75) is 39.2 Å². The molecule has 1 atom stereocenters. The van der Waals surface area contributed by atoms with Gasteiger partial charge in [-0.15, -0.1) is 0 Å². The second-order valence-electron chi connectivity index (χ2n) is 5.85. The first kappa shape index (κ1) is 16.8. The second kappa shape index (κ2) is 6.69. The van der Waals surface area contributed by atoms with E-state index >= 15 is 0 Å². The largest absolute Gasteiger partial charge is 0.341 e. The van der Waals surface area contributed by atoms with Crippen LogP contribution in [-0.4, -0.2) is 44.6 Å². The second-order valence-corrected chi connectivity index (χ2v) is 7.71. The lowest BCUT2D eigenvalue weighted by atomic mass is 10.1. The summed E-state index contributed by atoms with van der Waals surface area (Å²) in [5.74, 6) is -0.0917. The zero-order chi connectivity index (χ0) is 16.3. The van der Waals surface area contributed by atoms with Crippen LogP contribution in [0.25, 0.3) is 0 Å². The summed E-state index contributed by atoms with van der Waals surface area (Å²) in [6.45, 7) is 5.24. The van der Waals surface area contributed by atoms with E-state index < -0.39 is 16.1 Å². The van der Waals surface area contributed by atoms with Crippen LogP contribution in [-0.2, 0) is 14.8 Å². The Morgan fingerprint density at radius 3 is 2.23 bits per heavy atom. The highest BCUT2D eigenvalue weighted by Crippen LogP contribution is 2.24. The molecule has 22 heavy (non-hydrogen) atoms. The number of carbonyl (C=O) groups excluding carboxylic acids is 1. The van der Waals surface area contributed by atoms with Gasteiger partial charge >= 0.3 is 0 Å². The lowest BCUT2D eigenvalue weighted by molar-refractivity contribution is -0.131. The molecular formula is C16H24N2O3S. The van der Waals surface area contributed by atoms with Crippen LogP contribution in [0.1, 0.15) is 31.7 Å². The highest BCUT2D eigenvalue weighted by atomic mass is 32.2. The molecule has 1 aliphatic heterocycles. The van der Waals surface area contributed by atoms with Gasteiger partial charge in [0.2, 0.25) is 15.9 Å². The average molecular weight is 324 g/mol. The van der Waals surface area contributed by atoms with Crippen LogP contribution in [0.3, 0.4) is 0 Å². The van der Waals surface area contributed by atoms with Crippen LogP contribution in [0, 0.1) is 6.92 Å². The molecule has 0 N–H and O–H groups in total. The fourth-order valence-corrected chi connectivity index (χ4v) is 4.09. The van der Waals surface area contributed by atoms with E-state index in [4.69, 9.17) is 0 Å². The van der Waals surface area contributed by atoms with Crippen LogP contribution in [0.4, 0.5) is 5.69 Å². The summed E-state index contributed by atoms with van der Waals surface area (Å²) in [5.41, 5.74) is 1.60. The first-order chi connectivity index (χ1) is 10.3. The summed E-state index contributed by atoms with van der Waals surface area (Å²) in [6, 6.07) is 6.57. The van der Waals surface area contributed by atoms with Crippen molar-refractivity contribution in [1.82, 2.24) is 4.90 Å². The number of nitrogens with zero attached hydrogens (tertiary/aromatic N) is 2. The molecule has 1 heterocycles. The number of benzene rings is 1. The lowest BCUT2D eigenvalue weighted by Crippen LogP contribution is -2.50. The van der Waals surface area contributed by atoms with Crippen molar-refractivity contribution >= 4 is 21.6 Å². The van der Waals surface area contributed by atoms with Crippen molar-refractivity contribution in [3.05, 3.63) is 29.8 Å². The maximum Gasteiger partial charge on any atom is 0.246 e. The minimum Gasteiger partial charge on any atom is -0.341 e. The van der Waals surface area contributed by atoms with Crippen molar-refractivity contribution in [2.24, 2.45) is 0 Å². The van der Waals surface area contributed by atoms with Gasteiger partial charge in [-0.05, 0) is 38.3 Å². The predicted molar refractivity (Wildman–Crippen MR) is 88.4 cm³/mol. The molecule has 6 heteroatoms. The van der Waals surface area contributed by atoms with Crippen LogP contribution in [0.5, 0.6) is 0 Å². The molecule has 0 unspecified atom stereocenters. The van der Waals surface area contributed by atoms with E-state index in [2.05, 4.69) is 0 Å². The van der Waals surface area contributed by atoms with Gasteiger partial charge in [-0.2, -0.15) is 0 Å². The molecule has 1 aliphatic rings. The van der Waals surface area contributed by atoms with E-state index in [1.54, 1.807) is 17.0 Å². The molecule has 2 rings (SSSR count). The zero-order valence-corrected chi connectivity index (χ0v) is 14.3. The molecule has 1 aromatic rings. The summed E-state index contributed by atoms with van der Waals surface area (Å²) in [5, 5.41) is 0. The molecule has 1 amide bonds. The minimum atomic E-state index is -3.53. The Morgan fingerprint density at radius 1 is 1.23 bits per heavy atom. The normalized spacial score (nSPS) is 16.6. The zero-order valence-electron chi connectivity index (χ0n) is 13.4. The van der Waals surface area contributed by atoms with Crippen molar-refractivity contribution in [3.63, 3.8) is 0 Å². The Balaban J connectivity index is 2.38. The fourth-order valence-electron chi connectivity index (χ4n) is 2.88. The molecule has 122 valence electrons. The highest BCUT2D eigenvalue weighted by Gasteiger charge is 2.34. The van der Waals surface area contributed by atoms with Crippen LogP contribution >= 0.6 is 0 Å². The monoisotopic (exact) mass is 324 g/mol. The number of anilines is 1. The Morgan fingerprint density at radius 2 is 1.77 bits per heavy atom. The van der Waals surface area contributed by atoms with E-state index in [-0.39, 0.29) is 5.91 Å². The number of aryl methyl sites for hydroxylation is 1. The Labute approximate surface area is 133 Å². The van der Waals surface area contributed by atoms with E-state index in [9.17, 15) is 13.2 Å². The Hall–Kier alpha value is -1.56. The number of hydrogen-bond acceptors (Lipinski definition) is 3. The molecule has 0 bridgehead atoms. The number of carbonyl (C=O) groups is 1. The standard InChI is InChI=1S/C16H24N2O3S/c1-4-15(16(19)17-11-5-6-12-17)18(22(3,20)21)14-9-7-13(2)8-10-14/h7-10,15H,4-6,11-12H2,1-3H3/t15-/m1/s1. The van der Waals surface area contributed by atoms with Crippen LogP contribution in [0.15, 0.2) is 24.3 Å². The van der Waals surface area contributed by atoms with Gasteiger partial charge in [0.15, 0.2) is 0 Å². The van der Waals surface area contributed by atoms with Gasteiger partial charge in [-0.25, -0.2) is 8.42 Å². The van der Waals surface area contributed by atoms with Gasteiger partial charge in [0.05, 0.1) is 11.9 Å². The van der Waals surface area contributed by atoms with Crippen molar-refractivity contribution in [1.29, 1.82) is 0 Å². The maximum absolute atomic E-state index is 12.7. The van der Waals surface area contributed by atoms with E-state index in [0.717, 1.165) is 37.8 Å². The summed E-state index contributed by atoms with van der Waals surface area (Å²) >= 11 is 0. The molecule has 0 aromatic heterocycles. The third-order valence-corrected chi connectivity index (χ3v) is 5.20. The molecule has 0 aliphatic carbocycles. The quantitative estimate of drug-likeness (QED) is 0.834. The number of sulfonamides is 1. The van der Waals surface area contributed by atoms with Gasteiger partial charge in [0, 0.05) is 13.1 Å². The first-order valence-electron chi connectivity index (χ1n) is 7.69. The third-order valence-electron chi connectivity index (χ3n) is 4.02. The Bertz CT molecular complexity index is 619. The van der Waals surface area contributed by atoms with E-state index in [1.807, 2.05) is 26.0 Å². The summed E-state index contributed by atoms with van der Waals surface area (Å²) in [4.78, 5) is 14.5. The van der Waals surface area contributed by atoms with Gasteiger partial charge in [-0.3, -0.25) is 9.10 Å². The van der Waals surface area contributed by atoms with Gasteiger partial charge in [-0.1, -0.05) is 24.6 Å². The van der Waals surface area contributed by atoms with Crippen molar-refractivity contribution < 1.29 is 13.2 Å². The van der Waals surface area contributed by atoms with E-state index in [0.29, 0.717) is 12.1 Å². The van der Waals surface area contributed by atoms with Crippen LogP contribution < -0.4 is 4.31 Å². The fraction of sp³-hybridized carbons (Fsp3) is 0.562. The van der Waals surface area contributed by atoms with E-state index in [1.165, 1.54) is 4.31 Å². The molecule has 1 fully saturated rings. The van der Waals surface area contributed by atoms with Crippen molar-refractivity contribution in [2.75, 3.05) is 23.7 Å². The molecule has 1 aromatic carbocycles. The summed E-state index contributed by atoms with van der Waals surface area (Å²) in [6.07, 6.45) is 3.60. The maximum atomic E-state index is 12.7. The highest BCUT2D eigenvalue weighted by molar-refractivity contribution is 7.92. The molecule has 0 radical (unpaired) electrons. The third kappa shape index (κ3) is 3.61.